The number of hydrogen-bond acceptors (Lipinski definition) is 2. The molecule has 0 aromatic heterocycles. The van der Waals surface area contributed by atoms with Gasteiger partial charge in [-0.2, -0.15) is 0 Å². The Morgan fingerprint density at radius 2 is 1.94 bits per heavy atom. The smallest absolute Gasteiger partial charge is 0.232 e. The summed E-state index contributed by atoms with van der Waals surface area (Å²) in [5, 5.41) is 0.421. The van der Waals surface area contributed by atoms with Crippen molar-refractivity contribution in [3.63, 3.8) is 0 Å². The van der Waals surface area contributed by atoms with E-state index >= 15 is 0 Å². The second-order valence-electron chi connectivity index (χ2n) is 3.91. The number of carbonyl (C=O) groups is 1. The van der Waals surface area contributed by atoms with E-state index in [0.717, 1.165) is 6.42 Å². The molecule has 0 heterocycles. The normalized spacial score (nSPS) is 12.2. The van der Waals surface area contributed by atoms with Crippen LogP contribution in [0.25, 0.3) is 0 Å². The highest BCUT2D eigenvalue weighted by Gasteiger charge is 2.12. The Balaban J connectivity index is 2.54. The lowest BCUT2D eigenvalue weighted by molar-refractivity contribution is -0.125. The van der Waals surface area contributed by atoms with E-state index in [1.807, 2.05) is 18.2 Å². The van der Waals surface area contributed by atoms with Crippen molar-refractivity contribution >= 4 is 17.7 Å². The number of rotatable bonds is 5. The molecule has 16 heavy (non-hydrogen) atoms. The summed E-state index contributed by atoms with van der Waals surface area (Å²) in [6.45, 7) is 2.16. The number of hydrogen-bond donors (Lipinski definition) is 0. The average Bonchev–Trinajstić information content (AvgIpc) is 2.30. The molecule has 0 radical (unpaired) electrons. The molecule has 0 aliphatic rings. The van der Waals surface area contributed by atoms with Crippen LogP contribution in [0.2, 0.25) is 0 Å². The first-order chi connectivity index (χ1) is 7.65. The summed E-state index contributed by atoms with van der Waals surface area (Å²) in [6, 6.07) is 10.4. The maximum absolute atomic E-state index is 11.5. The zero-order valence-electron chi connectivity index (χ0n) is 10.1. The molecular formula is C13H19NOS. The van der Waals surface area contributed by atoms with Crippen molar-refractivity contribution in [3.05, 3.63) is 35.9 Å². The first-order valence-electron chi connectivity index (χ1n) is 5.51. The second kappa shape index (κ2) is 6.59. The minimum Gasteiger partial charge on any atom is -0.348 e. The lowest BCUT2D eigenvalue weighted by atomic mass is 10.1. The molecular weight excluding hydrogens is 218 g/mol. The molecule has 0 aliphatic carbocycles. The fraction of sp³-hybridized carbons (Fsp3) is 0.462. The molecule has 1 atom stereocenters. The molecule has 1 unspecified atom stereocenters. The summed E-state index contributed by atoms with van der Waals surface area (Å²) in [4.78, 5) is 13.1. The van der Waals surface area contributed by atoms with Crippen molar-refractivity contribution in [2.45, 2.75) is 18.6 Å². The molecule has 3 heteroatoms. The van der Waals surface area contributed by atoms with Gasteiger partial charge in [-0.15, -0.1) is 11.8 Å². The minimum absolute atomic E-state index is 0.180. The van der Waals surface area contributed by atoms with Crippen LogP contribution in [-0.4, -0.2) is 30.7 Å². The Kier molecular flexibility index (Phi) is 5.39. The van der Waals surface area contributed by atoms with E-state index in [1.54, 1.807) is 30.8 Å². The van der Waals surface area contributed by atoms with E-state index in [2.05, 4.69) is 19.1 Å². The average molecular weight is 237 g/mol. The van der Waals surface area contributed by atoms with E-state index in [1.165, 1.54) is 5.56 Å². The largest absolute Gasteiger partial charge is 0.348 e. The van der Waals surface area contributed by atoms with Crippen LogP contribution in [0.3, 0.4) is 0 Å². The van der Waals surface area contributed by atoms with Crippen molar-refractivity contribution in [1.82, 2.24) is 4.90 Å². The van der Waals surface area contributed by atoms with E-state index in [-0.39, 0.29) is 5.91 Å². The van der Waals surface area contributed by atoms with Crippen molar-refractivity contribution in [2.24, 2.45) is 0 Å². The van der Waals surface area contributed by atoms with Gasteiger partial charge in [-0.25, -0.2) is 0 Å². The number of amides is 1. The Morgan fingerprint density at radius 3 is 2.44 bits per heavy atom. The van der Waals surface area contributed by atoms with Gasteiger partial charge in [0.25, 0.3) is 0 Å². The highest BCUT2D eigenvalue weighted by atomic mass is 32.2. The molecule has 0 aliphatic heterocycles. The third-order valence-electron chi connectivity index (χ3n) is 2.45. The van der Waals surface area contributed by atoms with Crippen LogP contribution in [0.1, 0.15) is 24.2 Å². The van der Waals surface area contributed by atoms with E-state index < -0.39 is 0 Å². The Morgan fingerprint density at radius 1 is 1.31 bits per heavy atom. The first kappa shape index (κ1) is 13.1. The van der Waals surface area contributed by atoms with E-state index in [4.69, 9.17) is 0 Å². The van der Waals surface area contributed by atoms with Crippen LogP contribution in [-0.2, 0) is 4.79 Å². The summed E-state index contributed by atoms with van der Waals surface area (Å²) >= 11 is 1.72. The summed E-state index contributed by atoms with van der Waals surface area (Å²) in [7, 11) is 3.60. The van der Waals surface area contributed by atoms with Gasteiger partial charge in [-0.1, -0.05) is 37.3 Å². The van der Waals surface area contributed by atoms with Gasteiger partial charge in [0.05, 0.1) is 5.75 Å². The van der Waals surface area contributed by atoms with Gasteiger partial charge >= 0.3 is 0 Å². The van der Waals surface area contributed by atoms with Gasteiger partial charge in [-0.3, -0.25) is 4.79 Å². The summed E-state index contributed by atoms with van der Waals surface area (Å²) in [6.07, 6.45) is 1.05. The van der Waals surface area contributed by atoms with Crippen LogP contribution >= 0.6 is 11.8 Å². The van der Waals surface area contributed by atoms with Crippen molar-refractivity contribution in [1.29, 1.82) is 0 Å². The minimum atomic E-state index is 0.180. The number of thioether (sulfide) groups is 1. The topological polar surface area (TPSA) is 20.3 Å². The standard InChI is InChI=1S/C13H19NOS/c1-4-12(11-8-6-5-7-9-11)16-10-13(15)14(2)3/h5-9,12H,4,10H2,1-3H3. The van der Waals surface area contributed by atoms with Crippen molar-refractivity contribution in [2.75, 3.05) is 19.8 Å². The summed E-state index contributed by atoms with van der Waals surface area (Å²) in [5.41, 5.74) is 1.31. The molecule has 0 fully saturated rings. The fourth-order valence-electron chi connectivity index (χ4n) is 1.42. The van der Waals surface area contributed by atoms with E-state index in [9.17, 15) is 4.79 Å². The molecule has 1 aromatic carbocycles. The molecule has 0 saturated carbocycles. The quantitative estimate of drug-likeness (QED) is 0.784. The molecule has 0 spiro atoms. The number of nitrogens with zero attached hydrogens (tertiary/aromatic N) is 1. The van der Waals surface area contributed by atoms with Crippen LogP contribution in [0, 0.1) is 0 Å². The predicted octanol–water partition coefficient (Wildman–Crippen LogP) is 2.96. The van der Waals surface area contributed by atoms with Crippen LogP contribution in [0.15, 0.2) is 30.3 Å². The SMILES string of the molecule is CCC(SCC(=O)N(C)C)c1ccccc1. The zero-order valence-corrected chi connectivity index (χ0v) is 11.0. The highest BCUT2D eigenvalue weighted by Crippen LogP contribution is 2.31. The molecule has 1 rings (SSSR count). The van der Waals surface area contributed by atoms with Gasteiger partial charge in [-0.05, 0) is 12.0 Å². The number of carbonyl (C=O) groups excluding carboxylic acids is 1. The Bertz CT molecular complexity index is 324. The Labute approximate surface area is 102 Å². The molecule has 2 nitrogen and oxygen atoms in total. The molecule has 1 amide bonds. The lowest BCUT2D eigenvalue weighted by Crippen LogP contribution is -2.23. The van der Waals surface area contributed by atoms with Crippen molar-refractivity contribution in [3.8, 4) is 0 Å². The first-order valence-corrected chi connectivity index (χ1v) is 6.56. The number of benzene rings is 1. The van der Waals surface area contributed by atoms with Gasteiger partial charge < -0.3 is 4.90 Å². The van der Waals surface area contributed by atoms with Crippen LogP contribution in [0.5, 0.6) is 0 Å². The van der Waals surface area contributed by atoms with Gasteiger partial charge in [0, 0.05) is 19.3 Å². The van der Waals surface area contributed by atoms with Crippen molar-refractivity contribution < 1.29 is 4.79 Å². The van der Waals surface area contributed by atoms with Gasteiger partial charge in [0.2, 0.25) is 5.91 Å². The summed E-state index contributed by atoms with van der Waals surface area (Å²) < 4.78 is 0. The zero-order chi connectivity index (χ0) is 12.0. The lowest BCUT2D eigenvalue weighted by Gasteiger charge is -2.16. The third kappa shape index (κ3) is 3.89. The maximum atomic E-state index is 11.5. The molecule has 0 N–H and O–H groups in total. The molecule has 88 valence electrons. The second-order valence-corrected chi connectivity index (χ2v) is 5.10. The monoisotopic (exact) mass is 237 g/mol. The van der Waals surface area contributed by atoms with Crippen LogP contribution < -0.4 is 0 Å². The van der Waals surface area contributed by atoms with Gasteiger partial charge in [0.1, 0.15) is 0 Å². The molecule has 0 saturated heterocycles. The van der Waals surface area contributed by atoms with Gasteiger partial charge in [0.15, 0.2) is 0 Å². The highest BCUT2D eigenvalue weighted by molar-refractivity contribution is 8.00. The third-order valence-corrected chi connectivity index (χ3v) is 3.87. The predicted molar refractivity (Wildman–Crippen MR) is 70.6 cm³/mol. The summed E-state index contributed by atoms with van der Waals surface area (Å²) in [5.74, 6) is 0.736. The Hall–Kier alpha value is -0.960. The van der Waals surface area contributed by atoms with Crippen LogP contribution in [0.4, 0.5) is 0 Å². The maximum Gasteiger partial charge on any atom is 0.232 e. The molecule has 1 aromatic rings. The molecule has 0 bridgehead atoms. The fourth-order valence-corrected chi connectivity index (χ4v) is 2.61. The van der Waals surface area contributed by atoms with E-state index in [0.29, 0.717) is 11.0 Å².